The SMILES string of the molecule is C#Cc1c(CCCc2ccccc2)ccc2ccccc12. The van der Waals surface area contributed by atoms with Crippen molar-refractivity contribution in [3.63, 3.8) is 0 Å². The molecular weight excluding hydrogens is 252 g/mol. The lowest BCUT2D eigenvalue weighted by atomic mass is 9.95. The van der Waals surface area contributed by atoms with Crippen molar-refractivity contribution < 1.29 is 0 Å². The topological polar surface area (TPSA) is 0 Å². The van der Waals surface area contributed by atoms with E-state index < -0.39 is 0 Å². The molecule has 0 nitrogen and oxygen atoms in total. The van der Waals surface area contributed by atoms with Gasteiger partial charge < -0.3 is 0 Å². The molecule has 0 aliphatic carbocycles. The van der Waals surface area contributed by atoms with E-state index in [0.29, 0.717) is 0 Å². The van der Waals surface area contributed by atoms with Gasteiger partial charge in [0.05, 0.1) is 0 Å². The molecule has 0 heteroatoms. The molecule has 3 rings (SSSR count). The normalized spacial score (nSPS) is 10.4. The third-order valence-electron chi connectivity index (χ3n) is 3.91. The van der Waals surface area contributed by atoms with E-state index in [-0.39, 0.29) is 0 Å². The fraction of sp³-hybridized carbons (Fsp3) is 0.143. The van der Waals surface area contributed by atoms with Gasteiger partial charge in [0, 0.05) is 5.56 Å². The highest BCUT2D eigenvalue weighted by atomic mass is 14.1. The van der Waals surface area contributed by atoms with Crippen LogP contribution in [0.3, 0.4) is 0 Å². The predicted molar refractivity (Wildman–Crippen MR) is 90.4 cm³/mol. The van der Waals surface area contributed by atoms with Crippen LogP contribution in [-0.2, 0) is 12.8 Å². The summed E-state index contributed by atoms with van der Waals surface area (Å²) in [7, 11) is 0. The first-order chi connectivity index (χ1) is 10.4. The van der Waals surface area contributed by atoms with E-state index in [1.807, 2.05) is 0 Å². The summed E-state index contributed by atoms with van der Waals surface area (Å²) in [5.74, 6) is 2.89. The fourth-order valence-corrected chi connectivity index (χ4v) is 2.82. The number of hydrogen-bond donors (Lipinski definition) is 0. The van der Waals surface area contributed by atoms with Crippen molar-refractivity contribution in [2.75, 3.05) is 0 Å². The molecule has 3 aromatic rings. The van der Waals surface area contributed by atoms with Gasteiger partial charge in [-0.3, -0.25) is 0 Å². The summed E-state index contributed by atoms with van der Waals surface area (Å²) in [6.07, 6.45) is 8.99. The van der Waals surface area contributed by atoms with Crippen molar-refractivity contribution >= 4 is 10.8 Å². The Morgan fingerprint density at radius 3 is 2.33 bits per heavy atom. The Bertz CT molecular complexity index is 776. The summed E-state index contributed by atoms with van der Waals surface area (Å²) in [6.45, 7) is 0. The van der Waals surface area contributed by atoms with Crippen molar-refractivity contribution in [3.8, 4) is 12.3 Å². The van der Waals surface area contributed by atoms with Crippen LogP contribution in [0.1, 0.15) is 23.1 Å². The lowest BCUT2D eigenvalue weighted by molar-refractivity contribution is 0.820. The van der Waals surface area contributed by atoms with E-state index in [4.69, 9.17) is 6.42 Å². The van der Waals surface area contributed by atoms with Crippen LogP contribution in [0.25, 0.3) is 10.8 Å². The standard InChI is InChI=1S/C21H18/c1-2-20-18(13-8-11-17-9-4-3-5-10-17)15-16-19-12-6-7-14-21(19)20/h1,3-7,9-10,12,14-16H,8,11,13H2. The molecule has 3 aromatic carbocycles. The van der Waals surface area contributed by atoms with E-state index in [2.05, 4.69) is 72.7 Å². The van der Waals surface area contributed by atoms with Gasteiger partial charge in [-0.05, 0) is 41.2 Å². The van der Waals surface area contributed by atoms with Crippen LogP contribution in [0.2, 0.25) is 0 Å². The van der Waals surface area contributed by atoms with Crippen molar-refractivity contribution in [1.82, 2.24) is 0 Å². The van der Waals surface area contributed by atoms with Gasteiger partial charge >= 0.3 is 0 Å². The van der Waals surface area contributed by atoms with E-state index in [9.17, 15) is 0 Å². The molecule has 0 bridgehead atoms. The summed E-state index contributed by atoms with van der Waals surface area (Å²) in [5, 5.41) is 2.41. The Hall–Kier alpha value is -2.52. The molecular formula is C21H18. The quantitative estimate of drug-likeness (QED) is 0.585. The second-order valence-electron chi connectivity index (χ2n) is 5.30. The van der Waals surface area contributed by atoms with Crippen LogP contribution >= 0.6 is 0 Å². The molecule has 0 unspecified atom stereocenters. The van der Waals surface area contributed by atoms with Gasteiger partial charge in [-0.1, -0.05) is 72.7 Å². The number of benzene rings is 3. The molecule has 0 aliphatic heterocycles. The monoisotopic (exact) mass is 270 g/mol. The molecule has 0 spiro atoms. The third kappa shape index (κ3) is 2.98. The van der Waals surface area contributed by atoms with Crippen molar-refractivity contribution in [2.45, 2.75) is 19.3 Å². The van der Waals surface area contributed by atoms with Gasteiger partial charge in [-0.15, -0.1) is 6.42 Å². The minimum Gasteiger partial charge on any atom is -0.115 e. The van der Waals surface area contributed by atoms with E-state index in [1.165, 1.54) is 21.9 Å². The van der Waals surface area contributed by atoms with E-state index >= 15 is 0 Å². The first-order valence-electron chi connectivity index (χ1n) is 7.39. The minimum absolute atomic E-state index is 1.03. The van der Waals surface area contributed by atoms with Gasteiger partial charge in [-0.25, -0.2) is 0 Å². The van der Waals surface area contributed by atoms with Crippen LogP contribution in [0.15, 0.2) is 66.7 Å². The van der Waals surface area contributed by atoms with Gasteiger partial charge in [0.15, 0.2) is 0 Å². The summed E-state index contributed by atoms with van der Waals surface area (Å²) < 4.78 is 0. The maximum atomic E-state index is 5.75. The maximum absolute atomic E-state index is 5.75. The number of aryl methyl sites for hydroxylation is 2. The Balaban J connectivity index is 1.80. The summed E-state index contributed by atoms with van der Waals surface area (Å²) >= 11 is 0. The Labute approximate surface area is 126 Å². The second-order valence-corrected chi connectivity index (χ2v) is 5.30. The highest BCUT2D eigenvalue weighted by Crippen LogP contribution is 2.23. The average Bonchev–Trinajstić information content (AvgIpc) is 2.55. The van der Waals surface area contributed by atoms with Crippen molar-refractivity contribution in [3.05, 3.63) is 83.4 Å². The largest absolute Gasteiger partial charge is 0.115 e. The van der Waals surface area contributed by atoms with Gasteiger partial charge in [0.25, 0.3) is 0 Å². The van der Waals surface area contributed by atoms with Crippen LogP contribution in [0.5, 0.6) is 0 Å². The summed E-state index contributed by atoms with van der Waals surface area (Å²) in [4.78, 5) is 0. The fourth-order valence-electron chi connectivity index (χ4n) is 2.82. The first-order valence-corrected chi connectivity index (χ1v) is 7.39. The van der Waals surface area contributed by atoms with Gasteiger partial charge in [0.2, 0.25) is 0 Å². The van der Waals surface area contributed by atoms with Crippen LogP contribution in [0, 0.1) is 12.3 Å². The molecule has 0 heterocycles. The lowest BCUT2D eigenvalue weighted by Gasteiger charge is -2.09. The molecule has 21 heavy (non-hydrogen) atoms. The zero-order valence-electron chi connectivity index (χ0n) is 12.0. The first kappa shape index (κ1) is 13.5. The molecule has 0 saturated heterocycles. The molecule has 0 aliphatic rings. The number of terminal acetylenes is 1. The van der Waals surface area contributed by atoms with Gasteiger partial charge in [0.1, 0.15) is 0 Å². The Morgan fingerprint density at radius 1 is 0.762 bits per heavy atom. The van der Waals surface area contributed by atoms with E-state index in [0.717, 1.165) is 24.8 Å². The molecule has 0 amide bonds. The Morgan fingerprint density at radius 2 is 1.52 bits per heavy atom. The zero-order chi connectivity index (χ0) is 14.5. The molecule has 0 fully saturated rings. The zero-order valence-corrected chi connectivity index (χ0v) is 12.0. The second kappa shape index (κ2) is 6.29. The van der Waals surface area contributed by atoms with Crippen LogP contribution in [-0.4, -0.2) is 0 Å². The third-order valence-corrected chi connectivity index (χ3v) is 3.91. The van der Waals surface area contributed by atoms with Crippen molar-refractivity contribution in [2.24, 2.45) is 0 Å². The number of fused-ring (bicyclic) bond motifs is 1. The number of rotatable bonds is 4. The average molecular weight is 270 g/mol. The molecule has 0 aromatic heterocycles. The molecule has 0 saturated carbocycles. The molecule has 102 valence electrons. The number of hydrogen-bond acceptors (Lipinski definition) is 0. The summed E-state index contributed by atoms with van der Waals surface area (Å²) in [5.41, 5.74) is 3.73. The van der Waals surface area contributed by atoms with Gasteiger partial charge in [-0.2, -0.15) is 0 Å². The molecule has 0 atom stereocenters. The van der Waals surface area contributed by atoms with E-state index in [1.54, 1.807) is 0 Å². The minimum atomic E-state index is 1.03. The Kier molecular flexibility index (Phi) is 4.03. The van der Waals surface area contributed by atoms with Crippen LogP contribution < -0.4 is 0 Å². The smallest absolute Gasteiger partial charge is 0.0353 e. The predicted octanol–water partition coefficient (Wildman–Crippen LogP) is 5.00. The lowest BCUT2D eigenvalue weighted by Crippen LogP contribution is -1.94. The van der Waals surface area contributed by atoms with Crippen molar-refractivity contribution in [1.29, 1.82) is 0 Å². The highest BCUT2D eigenvalue weighted by molar-refractivity contribution is 5.89. The molecule has 0 radical (unpaired) electrons. The maximum Gasteiger partial charge on any atom is 0.0353 e. The molecule has 0 N–H and O–H groups in total. The summed E-state index contributed by atoms with van der Waals surface area (Å²) in [6, 6.07) is 23.3. The highest BCUT2D eigenvalue weighted by Gasteiger charge is 2.05. The van der Waals surface area contributed by atoms with Crippen LogP contribution in [0.4, 0.5) is 0 Å².